The molecule has 1 saturated carbocycles. The van der Waals surface area contributed by atoms with Crippen LogP contribution in [0.5, 0.6) is 0 Å². The largest absolute Gasteiger partial charge is 0.490 e. The highest BCUT2D eigenvalue weighted by molar-refractivity contribution is 9.10. The number of nitrogens with zero attached hydrogens (tertiary/aromatic N) is 3. The quantitative estimate of drug-likeness (QED) is 0.553. The van der Waals surface area contributed by atoms with E-state index in [0.717, 1.165) is 35.2 Å². The number of nitrogens with one attached hydrogen (secondary N) is 2. The molecule has 1 aliphatic heterocycles. The van der Waals surface area contributed by atoms with E-state index in [1.54, 1.807) is 0 Å². The fourth-order valence-corrected chi connectivity index (χ4v) is 3.99. The number of pyridine rings is 1. The van der Waals surface area contributed by atoms with E-state index in [-0.39, 0.29) is 17.4 Å². The van der Waals surface area contributed by atoms with Gasteiger partial charge in [0.25, 0.3) is 0 Å². The molecule has 3 heterocycles. The lowest BCUT2D eigenvalue weighted by Gasteiger charge is -2.17. The Bertz CT molecular complexity index is 996. The Morgan fingerprint density at radius 3 is 2.61 bits per heavy atom. The van der Waals surface area contributed by atoms with Gasteiger partial charge in [-0.25, -0.2) is 14.8 Å². The summed E-state index contributed by atoms with van der Waals surface area (Å²) in [4.78, 5) is 30.1. The summed E-state index contributed by atoms with van der Waals surface area (Å²) in [6.07, 6.45) is 0.837. The number of piperidine rings is 1. The Kier molecular flexibility index (Phi) is 6.42. The van der Waals surface area contributed by atoms with Crippen LogP contribution in [0.2, 0.25) is 0 Å². The first-order chi connectivity index (χ1) is 14.4. The lowest BCUT2D eigenvalue weighted by Crippen LogP contribution is -2.38. The first kappa shape index (κ1) is 23.2. The molecular formula is C19H21BrF3N5O3. The number of carboxylic acids is 1. The standard InChI is InChI=1S/C17H20BrN5O.C2HF3O2/c1-10-3-4-14(18)21-15(10)22-16(24)12-5-17(6-13(17)20-12)8-23-7-11(2)19-9-23;3-2(4,5)1(6)7/h3-4,7,9,12-13,20H,5-6,8H2,1-2H3,(H,21,22,24);(H,6,7)/t12?,13-,17+;/m1./s1. The van der Waals surface area contributed by atoms with Crippen molar-refractivity contribution in [3.8, 4) is 0 Å². The van der Waals surface area contributed by atoms with E-state index in [9.17, 15) is 18.0 Å². The SMILES string of the molecule is Cc1cn(C[C@@]23CC(C(=O)Nc4nc(Br)ccc4C)N[C@@H]2C3)cn1.O=C(O)C(F)(F)F. The van der Waals surface area contributed by atoms with Crippen molar-refractivity contribution in [3.63, 3.8) is 0 Å². The number of halogens is 4. The smallest absolute Gasteiger partial charge is 0.475 e. The number of aryl methyl sites for hydroxylation is 2. The molecule has 1 unspecified atom stereocenters. The van der Waals surface area contributed by atoms with Crippen molar-refractivity contribution < 1.29 is 27.9 Å². The topological polar surface area (TPSA) is 109 Å². The summed E-state index contributed by atoms with van der Waals surface area (Å²) in [6.45, 7) is 4.86. The Labute approximate surface area is 184 Å². The molecule has 1 aliphatic carbocycles. The molecule has 0 radical (unpaired) electrons. The summed E-state index contributed by atoms with van der Waals surface area (Å²) < 4.78 is 34.6. The molecule has 168 valence electrons. The van der Waals surface area contributed by atoms with Crippen molar-refractivity contribution in [2.45, 2.75) is 51.5 Å². The molecule has 2 aromatic heterocycles. The first-order valence-corrected chi connectivity index (χ1v) is 10.2. The van der Waals surface area contributed by atoms with Gasteiger partial charge >= 0.3 is 12.1 Å². The first-order valence-electron chi connectivity index (χ1n) is 9.38. The fourth-order valence-electron chi connectivity index (χ4n) is 3.68. The molecule has 2 aliphatic rings. The van der Waals surface area contributed by atoms with Crippen LogP contribution in [0.4, 0.5) is 19.0 Å². The number of aromatic nitrogens is 3. The number of hydrogen-bond donors (Lipinski definition) is 3. The van der Waals surface area contributed by atoms with Crippen LogP contribution in [0.3, 0.4) is 0 Å². The molecule has 3 atom stereocenters. The number of carbonyl (C=O) groups excluding carboxylic acids is 1. The van der Waals surface area contributed by atoms with Gasteiger partial charge in [0.05, 0.1) is 18.1 Å². The number of aliphatic carboxylic acids is 1. The van der Waals surface area contributed by atoms with E-state index in [2.05, 4.69) is 47.3 Å². The van der Waals surface area contributed by atoms with Gasteiger partial charge < -0.3 is 20.3 Å². The minimum Gasteiger partial charge on any atom is -0.475 e. The van der Waals surface area contributed by atoms with Gasteiger partial charge in [-0.05, 0) is 54.2 Å². The summed E-state index contributed by atoms with van der Waals surface area (Å²) in [5.74, 6) is -2.14. The van der Waals surface area contributed by atoms with Crippen LogP contribution in [0, 0.1) is 19.3 Å². The number of hydrogen-bond acceptors (Lipinski definition) is 5. The molecule has 0 spiro atoms. The Balaban J connectivity index is 0.000000339. The molecule has 2 fully saturated rings. The molecule has 1 saturated heterocycles. The van der Waals surface area contributed by atoms with Crippen molar-refractivity contribution in [2.24, 2.45) is 5.41 Å². The maximum absolute atomic E-state index is 12.6. The van der Waals surface area contributed by atoms with Crippen LogP contribution in [0.15, 0.2) is 29.3 Å². The lowest BCUT2D eigenvalue weighted by atomic mass is 9.99. The molecule has 2 aromatic rings. The number of alkyl halides is 3. The van der Waals surface area contributed by atoms with Crippen molar-refractivity contribution in [2.75, 3.05) is 5.32 Å². The highest BCUT2D eigenvalue weighted by atomic mass is 79.9. The monoisotopic (exact) mass is 503 g/mol. The minimum atomic E-state index is -5.08. The number of rotatable bonds is 4. The minimum absolute atomic E-state index is 0.00270. The van der Waals surface area contributed by atoms with Crippen molar-refractivity contribution >= 4 is 33.6 Å². The molecule has 1 amide bonds. The molecule has 3 N–H and O–H groups in total. The highest BCUT2D eigenvalue weighted by Crippen LogP contribution is 2.55. The molecular weight excluding hydrogens is 483 g/mol. The Morgan fingerprint density at radius 1 is 1.35 bits per heavy atom. The summed E-state index contributed by atoms with van der Waals surface area (Å²) in [6, 6.07) is 4.08. The predicted molar refractivity (Wildman–Crippen MR) is 108 cm³/mol. The second-order valence-electron chi connectivity index (χ2n) is 7.82. The number of amides is 1. The second kappa shape index (κ2) is 8.58. The zero-order valence-corrected chi connectivity index (χ0v) is 18.3. The number of imidazole rings is 1. The van der Waals surface area contributed by atoms with Gasteiger partial charge in [0.2, 0.25) is 5.91 Å². The molecule has 31 heavy (non-hydrogen) atoms. The van der Waals surface area contributed by atoms with E-state index in [0.29, 0.717) is 11.9 Å². The van der Waals surface area contributed by atoms with E-state index >= 15 is 0 Å². The average Bonchev–Trinajstić information content (AvgIpc) is 2.97. The van der Waals surface area contributed by atoms with E-state index in [1.807, 2.05) is 32.3 Å². The third-order valence-electron chi connectivity index (χ3n) is 5.33. The van der Waals surface area contributed by atoms with Gasteiger partial charge in [0, 0.05) is 24.2 Å². The van der Waals surface area contributed by atoms with E-state index in [4.69, 9.17) is 9.90 Å². The van der Waals surface area contributed by atoms with Gasteiger partial charge in [0.15, 0.2) is 0 Å². The van der Waals surface area contributed by atoms with Crippen LogP contribution >= 0.6 is 15.9 Å². The lowest BCUT2D eigenvalue weighted by molar-refractivity contribution is -0.192. The molecule has 0 aromatic carbocycles. The molecule has 4 rings (SSSR count). The van der Waals surface area contributed by atoms with Gasteiger partial charge in [0.1, 0.15) is 10.4 Å². The normalized spacial score (nSPS) is 24.1. The highest BCUT2D eigenvalue weighted by Gasteiger charge is 2.61. The van der Waals surface area contributed by atoms with Crippen LogP contribution in [0.1, 0.15) is 24.1 Å². The number of carboxylic acid groups (broad SMARTS) is 1. The van der Waals surface area contributed by atoms with Gasteiger partial charge in [-0.2, -0.15) is 13.2 Å². The van der Waals surface area contributed by atoms with Gasteiger partial charge in [-0.15, -0.1) is 0 Å². The van der Waals surface area contributed by atoms with E-state index < -0.39 is 12.1 Å². The van der Waals surface area contributed by atoms with Gasteiger partial charge in [-0.1, -0.05) is 6.07 Å². The number of carbonyl (C=O) groups is 2. The van der Waals surface area contributed by atoms with E-state index in [1.165, 1.54) is 0 Å². The summed E-state index contributed by atoms with van der Waals surface area (Å²) in [5, 5.41) is 13.5. The average molecular weight is 504 g/mol. The summed E-state index contributed by atoms with van der Waals surface area (Å²) in [5.41, 5.74) is 2.17. The van der Waals surface area contributed by atoms with Crippen molar-refractivity contribution in [3.05, 3.63) is 40.5 Å². The Hall–Kier alpha value is -2.47. The Morgan fingerprint density at radius 2 is 2.03 bits per heavy atom. The van der Waals surface area contributed by atoms with Crippen LogP contribution in [0.25, 0.3) is 0 Å². The predicted octanol–water partition coefficient (Wildman–Crippen LogP) is 3.05. The van der Waals surface area contributed by atoms with Crippen molar-refractivity contribution in [1.29, 1.82) is 0 Å². The van der Waals surface area contributed by atoms with Crippen LogP contribution in [-0.4, -0.2) is 49.8 Å². The summed E-state index contributed by atoms with van der Waals surface area (Å²) >= 11 is 3.35. The zero-order valence-electron chi connectivity index (χ0n) is 16.7. The molecule has 0 bridgehead atoms. The maximum atomic E-state index is 12.6. The van der Waals surface area contributed by atoms with Gasteiger partial charge in [-0.3, -0.25) is 4.79 Å². The second-order valence-corrected chi connectivity index (χ2v) is 8.63. The number of anilines is 1. The van der Waals surface area contributed by atoms with Crippen molar-refractivity contribution in [1.82, 2.24) is 19.9 Å². The molecule has 8 nitrogen and oxygen atoms in total. The third kappa shape index (κ3) is 5.62. The van der Waals surface area contributed by atoms with Crippen LogP contribution in [-0.2, 0) is 16.1 Å². The maximum Gasteiger partial charge on any atom is 0.490 e. The fraction of sp³-hybridized carbons (Fsp3) is 0.474. The van der Waals surface area contributed by atoms with Crippen LogP contribution < -0.4 is 10.6 Å². The zero-order chi connectivity index (χ0) is 23.0. The molecule has 12 heteroatoms. The number of fused-ring (bicyclic) bond motifs is 1. The summed E-state index contributed by atoms with van der Waals surface area (Å²) in [7, 11) is 0. The third-order valence-corrected chi connectivity index (χ3v) is 5.77.